The summed E-state index contributed by atoms with van der Waals surface area (Å²) in [5, 5.41) is 0. The molecule has 0 radical (unpaired) electrons. The molecule has 0 aromatic heterocycles. The number of piperazine rings is 1. The van der Waals surface area contributed by atoms with Crippen LogP contribution in [-0.4, -0.2) is 49.1 Å². The summed E-state index contributed by atoms with van der Waals surface area (Å²) in [5.41, 5.74) is 0. The molecule has 1 aliphatic heterocycles. The SMILES string of the molecule is CCCCCCCCCCCCCN1CCN(CCCCCCCCCCCCC)CC1. The first kappa shape index (κ1) is 30.0. The van der Waals surface area contributed by atoms with Crippen LogP contribution in [0.2, 0.25) is 0 Å². The summed E-state index contributed by atoms with van der Waals surface area (Å²) in [4.78, 5) is 5.45. The van der Waals surface area contributed by atoms with Crippen LogP contribution in [0.25, 0.3) is 0 Å². The highest BCUT2D eigenvalue weighted by Gasteiger charge is 2.15. The summed E-state index contributed by atoms with van der Waals surface area (Å²) in [5.74, 6) is 0. The summed E-state index contributed by atoms with van der Waals surface area (Å²) in [6.45, 7) is 12.6. The summed E-state index contributed by atoms with van der Waals surface area (Å²) in [6.07, 6.45) is 32.0. The fourth-order valence-electron chi connectivity index (χ4n) is 5.24. The summed E-state index contributed by atoms with van der Waals surface area (Å²) < 4.78 is 0. The van der Waals surface area contributed by atoms with Crippen molar-refractivity contribution in [1.82, 2.24) is 9.80 Å². The Balaban J connectivity index is 1.78. The van der Waals surface area contributed by atoms with E-state index in [0.717, 1.165) is 0 Å². The molecule has 0 unspecified atom stereocenters. The van der Waals surface area contributed by atoms with Gasteiger partial charge in [-0.05, 0) is 25.9 Å². The zero-order valence-electron chi connectivity index (χ0n) is 22.7. The zero-order chi connectivity index (χ0) is 23.0. The van der Waals surface area contributed by atoms with Crippen LogP contribution in [0.1, 0.15) is 155 Å². The van der Waals surface area contributed by atoms with Gasteiger partial charge in [-0.2, -0.15) is 0 Å². The Labute approximate surface area is 204 Å². The maximum absolute atomic E-state index is 2.73. The molecule has 1 heterocycles. The van der Waals surface area contributed by atoms with E-state index in [9.17, 15) is 0 Å². The first-order valence-corrected chi connectivity index (χ1v) is 15.3. The third kappa shape index (κ3) is 19.4. The number of nitrogens with zero attached hydrogens (tertiary/aromatic N) is 2. The van der Waals surface area contributed by atoms with Crippen LogP contribution in [0.4, 0.5) is 0 Å². The Morgan fingerprint density at radius 1 is 0.312 bits per heavy atom. The van der Waals surface area contributed by atoms with E-state index >= 15 is 0 Å². The van der Waals surface area contributed by atoms with Crippen LogP contribution in [-0.2, 0) is 0 Å². The van der Waals surface area contributed by atoms with E-state index in [1.54, 1.807) is 0 Å². The lowest BCUT2D eigenvalue weighted by molar-refractivity contribution is 0.129. The monoisotopic (exact) mass is 450 g/mol. The summed E-state index contributed by atoms with van der Waals surface area (Å²) in [6, 6.07) is 0. The van der Waals surface area contributed by atoms with Crippen molar-refractivity contribution < 1.29 is 0 Å². The van der Waals surface area contributed by atoms with Crippen LogP contribution >= 0.6 is 0 Å². The molecule has 1 saturated heterocycles. The zero-order valence-corrected chi connectivity index (χ0v) is 22.7. The highest BCUT2D eigenvalue weighted by molar-refractivity contribution is 4.72. The molecule has 32 heavy (non-hydrogen) atoms. The Morgan fingerprint density at radius 3 is 0.781 bits per heavy atom. The number of rotatable bonds is 24. The maximum Gasteiger partial charge on any atom is 0.0110 e. The largest absolute Gasteiger partial charge is 0.301 e. The second-order valence-corrected chi connectivity index (χ2v) is 10.8. The van der Waals surface area contributed by atoms with Gasteiger partial charge in [-0.1, -0.05) is 142 Å². The van der Waals surface area contributed by atoms with Crippen molar-refractivity contribution in [3.63, 3.8) is 0 Å². The van der Waals surface area contributed by atoms with Crippen LogP contribution in [0.3, 0.4) is 0 Å². The lowest BCUT2D eigenvalue weighted by Crippen LogP contribution is -2.46. The van der Waals surface area contributed by atoms with Gasteiger partial charge in [-0.15, -0.1) is 0 Å². The van der Waals surface area contributed by atoms with Crippen molar-refractivity contribution in [2.24, 2.45) is 0 Å². The van der Waals surface area contributed by atoms with E-state index < -0.39 is 0 Å². The minimum atomic E-state index is 1.32. The number of hydrogen-bond acceptors (Lipinski definition) is 2. The standard InChI is InChI=1S/C30H62N2/c1-3-5-7-9-11-13-15-17-19-21-23-25-31-27-29-32(30-28-31)26-24-22-20-18-16-14-12-10-8-6-4-2/h3-30H2,1-2H3. The number of hydrogen-bond donors (Lipinski definition) is 0. The van der Waals surface area contributed by atoms with Crippen LogP contribution < -0.4 is 0 Å². The minimum absolute atomic E-state index is 1.32. The molecule has 1 fully saturated rings. The molecular weight excluding hydrogens is 388 g/mol. The van der Waals surface area contributed by atoms with Gasteiger partial charge in [0.05, 0.1) is 0 Å². The van der Waals surface area contributed by atoms with E-state index in [2.05, 4.69) is 23.6 Å². The third-order valence-corrected chi connectivity index (χ3v) is 7.62. The lowest BCUT2D eigenvalue weighted by atomic mass is 10.1. The van der Waals surface area contributed by atoms with Gasteiger partial charge in [0.2, 0.25) is 0 Å². The molecule has 0 aromatic carbocycles. The molecule has 2 heteroatoms. The molecule has 1 rings (SSSR count). The first-order valence-electron chi connectivity index (χ1n) is 15.3. The van der Waals surface area contributed by atoms with Gasteiger partial charge in [0, 0.05) is 26.2 Å². The predicted molar refractivity (Wildman–Crippen MR) is 146 cm³/mol. The summed E-state index contributed by atoms with van der Waals surface area (Å²) in [7, 11) is 0. The molecular formula is C30H62N2. The molecule has 0 bridgehead atoms. The highest BCUT2D eigenvalue weighted by Crippen LogP contribution is 2.14. The highest BCUT2D eigenvalue weighted by atomic mass is 15.3. The Bertz CT molecular complexity index is 315. The fraction of sp³-hybridized carbons (Fsp3) is 1.00. The van der Waals surface area contributed by atoms with Gasteiger partial charge in [-0.3, -0.25) is 0 Å². The molecule has 0 atom stereocenters. The Morgan fingerprint density at radius 2 is 0.531 bits per heavy atom. The van der Waals surface area contributed by atoms with Crippen molar-refractivity contribution in [2.75, 3.05) is 39.3 Å². The van der Waals surface area contributed by atoms with Crippen molar-refractivity contribution in [3.8, 4) is 0 Å². The van der Waals surface area contributed by atoms with Crippen LogP contribution in [0.5, 0.6) is 0 Å². The third-order valence-electron chi connectivity index (χ3n) is 7.62. The summed E-state index contributed by atoms with van der Waals surface area (Å²) >= 11 is 0. The normalized spacial score (nSPS) is 15.6. The minimum Gasteiger partial charge on any atom is -0.301 e. The van der Waals surface area contributed by atoms with Gasteiger partial charge in [0.25, 0.3) is 0 Å². The molecule has 0 spiro atoms. The predicted octanol–water partition coefficient (Wildman–Crippen LogP) is 9.23. The molecule has 0 amide bonds. The van der Waals surface area contributed by atoms with Crippen molar-refractivity contribution >= 4 is 0 Å². The molecule has 2 nitrogen and oxygen atoms in total. The van der Waals surface area contributed by atoms with Gasteiger partial charge in [-0.25, -0.2) is 0 Å². The average Bonchev–Trinajstić information content (AvgIpc) is 2.82. The molecule has 0 aromatic rings. The van der Waals surface area contributed by atoms with Crippen molar-refractivity contribution in [1.29, 1.82) is 0 Å². The van der Waals surface area contributed by atoms with E-state index in [1.807, 2.05) is 0 Å². The topological polar surface area (TPSA) is 6.48 Å². The van der Waals surface area contributed by atoms with E-state index in [-0.39, 0.29) is 0 Å². The van der Waals surface area contributed by atoms with Gasteiger partial charge < -0.3 is 9.80 Å². The van der Waals surface area contributed by atoms with Gasteiger partial charge in [0.15, 0.2) is 0 Å². The smallest absolute Gasteiger partial charge is 0.0110 e. The van der Waals surface area contributed by atoms with E-state index in [1.165, 1.54) is 181 Å². The molecule has 0 aliphatic carbocycles. The molecule has 0 N–H and O–H groups in total. The second kappa shape index (κ2) is 24.1. The second-order valence-electron chi connectivity index (χ2n) is 10.8. The average molecular weight is 451 g/mol. The van der Waals surface area contributed by atoms with Crippen molar-refractivity contribution in [3.05, 3.63) is 0 Å². The van der Waals surface area contributed by atoms with Crippen LogP contribution in [0.15, 0.2) is 0 Å². The Hall–Kier alpha value is -0.0800. The number of unbranched alkanes of at least 4 members (excludes halogenated alkanes) is 20. The fourth-order valence-corrected chi connectivity index (χ4v) is 5.24. The maximum atomic E-state index is 2.73. The van der Waals surface area contributed by atoms with Gasteiger partial charge >= 0.3 is 0 Å². The van der Waals surface area contributed by atoms with Crippen molar-refractivity contribution in [2.45, 2.75) is 155 Å². The van der Waals surface area contributed by atoms with Gasteiger partial charge in [0.1, 0.15) is 0 Å². The lowest BCUT2D eigenvalue weighted by Gasteiger charge is -2.34. The van der Waals surface area contributed by atoms with E-state index in [0.29, 0.717) is 0 Å². The molecule has 1 aliphatic rings. The Kier molecular flexibility index (Phi) is 22.5. The van der Waals surface area contributed by atoms with Crippen LogP contribution in [0, 0.1) is 0 Å². The van der Waals surface area contributed by atoms with E-state index in [4.69, 9.17) is 0 Å². The molecule has 0 saturated carbocycles. The quantitative estimate of drug-likeness (QED) is 0.135. The molecule has 192 valence electrons. The first-order chi connectivity index (χ1) is 15.9.